The lowest BCUT2D eigenvalue weighted by molar-refractivity contribution is 0.0866. The summed E-state index contributed by atoms with van der Waals surface area (Å²) in [6.45, 7) is 2.65. The van der Waals surface area contributed by atoms with Gasteiger partial charge >= 0.3 is 0 Å². The highest BCUT2D eigenvalue weighted by Crippen LogP contribution is 1.97. The van der Waals surface area contributed by atoms with E-state index >= 15 is 0 Å². The van der Waals surface area contributed by atoms with Crippen molar-refractivity contribution < 1.29 is 4.74 Å². The van der Waals surface area contributed by atoms with Gasteiger partial charge in [-0.05, 0) is 0 Å². The van der Waals surface area contributed by atoms with E-state index in [-0.39, 0.29) is 5.44 Å². The molecule has 3 heteroatoms. The van der Waals surface area contributed by atoms with Gasteiger partial charge in [0, 0.05) is 13.1 Å². The van der Waals surface area contributed by atoms with Crippen LogP contribution in [0.15, 0.2) is 0 Å². The minimum absolute atomic E-state index is 0.119. The summed E-state index contributed by atoms with van der Waals surface area (Å²) >= 11 is 4.08. The molecule has 42 valence electrons. The molecule has 1 atom stereocenters. The van der Waals surface area contributed by atoms with Crippen LogP contribution in [-0.4, -0.2) is 25.1 Å². The fourth-order valence-electron chi connectivity index (χ4n) is 0.552. The maximum absolute atomic E-state index is 5.08. The Hall–Kier alpha value is 0.270. The predicted octanol–water partition coefficient (Wildman–Crippen LogP) is -0.138. The Bertz CT molecular complexity index is 53.7. The highest BCUT2D eigenvalue weighted by molar-refractivity contribution is 7.80. The second-order valence-electron chi connectivity index (χ2n) is 1.53. The van der Waals surface area contributed by atoms with E-state index in [4.69, 9.17) is 4.74 Å². The molecule has 0 aromatic carbocycles. The van der Waals surface area contributed by atoms with E-state index in [0.717, 1.165) is 19.7 Å². The summed E-state index contributed by atoms with van der Waals surface area (Å²) in [5.74, 6) is 0. The minimum Gasteiger partial charge on any atom is -0.365 e. The number of ether oxygens (including phenoxy) is 1. The molecule has 1 aliphatic heterocycles. The molecule has 0 amide bonds. The van der Waals surface area contributed by atoms with Gasteiger partial charge in [-0.3, -0.25) is 0 Å². The zero-order valence-electron chi connectivity index (χ0n) is 4.05. The van der Waals surface area contributed by atoms with E-state index in [1.807, 2.05) is 0 Å². The third-order valence-corrected chi connectivity index (χ3v) is 1.24. The maximum atomic E-state index is 5.08. The fraction of sp³-hybridized carbons (Fsp3) is 1.00. The first-order valence-corrected chi connectivity index (χ1v) is 2.91. The molecule has 0 radical (unpaired) electrons. The molecule has 7 heavy (non-hydrogen) atoms. The van der Waals surface area contributed by atoms with Gasteiger partial charge in [-0.25, -0.2) is 0 Å². The van der Waals surface area contributed by atoms with Gasteiger partial charge in [0.2, 0.25) is 0 Å². The fourth-order valence-corrected chi connectivity index (χ4v) is 0.786. The second kappa shape index (κ2) is 2.55. The summed E-state index contributed by atoms with van der Waals surface area (Å²) in [4.78, 5) is 0. The summed E-state index contributed by atoms with van der Waals surface area (Å²) in [6.07, 6.45) is 0. The minimum atomic E-state index is 0.119. The third kappa shape index (κ3) is 1.67. The number of rotatable bonds is 0. The zero-order chi connectivity index (χ0) is 5.11. The predicted molar refractivity (Wildman–Crippen MR) is 31.6 cm³/mol. The van der Waals surface area contributed by atoms with Gasteiger partial charge in [-0.2, -0.15) is 0 Å². The van der Waals surface area contributed by atoms with Crippen LogP contribution in [-0.2, 0) is 4.74 Å². The number of thiol groups is 1. The van der Waals surface area contributed by atoms with Gasteiger partial charge in [0.25, 0.3) is 0 Å². The quantitative estimate of drug-likeness (QED) is 0.433. The van der Waals surface area contributed by atoms with Crippen LogP contribution in [0.3, 0.4) is 0 Å². The van der Waals surface area contributed by atoms with Crippen molar-refractivity contribution in [2.24, 2.45) is 0 Å². The number of hydrogen-bond acceptors (Lipinski definition) is 3. The molecule has 2 nitrogen and oxygen atoms in total. The Labute approximate surface area is 48.6 Å². The standard InChI is InChI=1S/C4H9NOS/c7-4-3-5-1-2-6-4/h4-5,7H,1-3H2. The summed E-state index contributed by atoms with van der Waals surface area (Å²) in [5, 5.41) is 3.13. The Kier molecular flexibility index (Phi) is 1.97. The summed E-state index contributed by atoms with van der Waals surface area (Å²) in [6, 6.07) is 0. The van der Waals surface area contributed by atoms with Gasteiger partial charge in [0.15, 0.2) is 0 Å². The molecule has 1 heterocycles. The lowest BCUT2D eigenvalue weighted by atomic mass is 10.5. The van der Waals surface area contributed by atoms with Crippen molar-refractivity contribution in [3.63, 3.8) is 0 Å². The normalized spacial score (nSPS) is 33.0. The molecular formula is C4H9NOS. The van der Waals surface area contributed by atoms with Crippen LogP contribution in [0.5, 0.6) is 0 Å². The first kappa shape index (κ1) is 5.41. The summed E-state index contributed by atoms with van der Waals surface area (Å²) in [5.41, 5.74) is 0.119. The molecule has 1 unspecified atom stereocenters. The molecule has 0 aromatic rings. The van der Waals surface area contributed by atoms with Crippen LogP contribution < -0.4 is 5.32 Å². The second-order valence-corrected chi connectivity index (χ2v) is 2.11. The number of nitrogens with one attached hydrogen (secondary N) is 1. The molecule has 1 aliphatic rings. The van der Waals surface area contributed by atoms with Crippen molar-refractivity contribution in [1.29, 1.82) is 0 Å². The van der Waals surface area contributed by atoms with Gasteiger partial charge < -0.3 is 10.1 Å². The van der Waals surface area contributed by atoms with E-state index in [9.17, 15) is 0 Å². The smallest absolute Gasteiger partial charge is 0.112 e. The molecule has 0 saturated carbocycles. The Balaban J connectivity index is 2.12. The molecular weight excluding hydrogens is 110 g/mol. The van der Waals surface area contributed by atoms with E-state index in [1.165, 1.54) is 0 Å². The van der Waals surface area contributed by atoms with E-state index in [1.54, 1.807) is 0 Å². The van der Waals surface area contributed by atoms with Crippen molar-refractivity contribution >= 4 is 12.6 Å². The van der Waals surface area contributed by atoms with Crippen LogP contribution in [0.4, 0.5) is 0 Å². The molecule has 0 aromatic heterocycles. The maximum Gasteiger partial charge on any atom is 0.112 e. The highest BCUT2D eigenvalue weighted by Gasteiger charge is 2.05. The first-order valence-electron chi connectivity index (χ1n) is 2.40. The molecule has 0 aliphatic carbocycles. The third-order valence-electron chi connectivity index (χ3n) is 0.908. The average molecular weight is 119 g/mol. The van der Waals surface area contributed by atoms with Gasteiger partial charge in [-0.15, -0.1) is 12.6 Å². The summed E-state index contributed by atoms with van der Waals surface area (Å²) < 4.78 is 5.08. The van der Waals surface area contributed by atoms with Crippen LogP contribution in [0.2, 0.25) is 0 Å². The van der Waals surface area contributed by atoms with Crippen LogP contribution in [0, 0.1) is 0 Å². The molecule has 0 spiro atoms. The summed E-state index contributed by atoms with van der Waals surface area (Å²) in [7, 11) is 0. The van der Waals surface area contributed by atoms with Crippen LogP contribution >= 0.6 is 12.6 Å². The van der Waals surface area contributed by atoms with Gasteiger partial charge in [0.1, 0.15) is 5.44 Å². The molecule has 1 rings (SSSR count). The SMILES string of the molecule is SC1CNCCO1. The molecule has 1 N–H and O–H groups in total. The lowest BCUT2D eigenvalue weighted by Crippen LogP contribution is -2.35. The van der Waals surface area contributed by atoms with Crippen LogP contribution in [0.25, 0.3) is 0 Å². The topological polar surface area (TPSA) is 21.3 Å². The highest BCUT2D eigenvalue weighted by atomic mass is 32.1. The van der Waals surface area contributed by atoms with Crippen LogP contribution in [0.1, 0.15) is 0 Å². The molecule has 1 saturated heterocycles. The number of hydrogen-bond donors (Lipinski definition) is 2. The Morgan fingerprint density at radius 1 is 1.71 bits per heavy atom. The largest absolute Gasteiger partial charge is 0.365 e. The van der Waals surface area contributed by atoms with Gasteiger partial charge in [0.05, 0.1) is 6.61 Å². The average Bonchev–Trinajstić information content (AvgIpc) is 1.69. The van der Waals surface area contributed by atoms with Crippen molar-refractivity contribution in [3.05, 3.63) is 0 Å². The first-order chi connectivity index (χ1) is 3.39. The monoisotopic (exact) mass is 119 g/mol. The van der Waals surface area contributed by atoms with E-state index in [0.29, 0.717) is 0 Å². The Morgan fingerprint density at radius 3 is 2.86 bits per heavy atom. The lowest BCUT2D eigenvalue weighted by Gasteiger charge is -2.18. The molecule has 0 bridgehead atoms. The van der Waals surface area contributed by atoms with E-state index < -0.39 is 0 Å². The van der Waals surface area contributed by atoms with E-state index in [2.05, 4.69) is 17.9 Å². The van der Waals surface area contributed by atoms with Crippen molar-refractivity contribution in [2.45, 2.75) is 5.44 Å². The van der Waals surface area contributed by atoms with Crippen molar-refractivity contribution in [1.82, 2.24) is 5.32 Å². The van der Waals surface area contributed by atoms with Gasteiger partial charge in [-0.1, -0.05) is 0 Å². The Morgan fingerprint density at radius 2 is 2.57 bits per heavy atom. The number of morpholine rings is 1. The molecule has 1 fully saturated rings. The zero-order valence-corrected chi connectivity index (χ0v) is 4.95. The van der Waals surface area contributed by atoms with Crippen molar-refractivity contribution in [3.8, 4) is 0 Å². The van der Waals surface area contributed by atoms with Crippen molar-refractivity contribution in [2.75, 3.05) is 19.7 Å².